The molecule has 0 unspecified atom stereocenters. The maximum Gasteiger partial charge on any atom is 0.271 e. The fourth-order valence-corrected chi connectivity index (χ4v) is 2.60. The molecule has 0 bridgehead atoms. The van der Waals surface area contributed by atoms with E-state index >= 15 is 0 Å². The van der Waals surface area contributed by atoms with E-state index in [0.717, 1.165) is 28.1 Å². The van der Waals surface area contributed by atoms with E-state index in [4.69, 9.17) is 9.15 Å². The van der Waals surface area contributed by atoms with Crippen molar-refractivity contribution in [2.45, 2.75) is 0 Å². The zero-order valence-electron chi connectivity index (χ0n) is 12.3. The molecular formula is C17H13N3O3. The Bertz CT molecular complexity index is 975. The summed E-state index contributed by atoms with van der Waals surface area (Å²) in [5.41, 5.74) is 4.46. The Balaban J connectivity index is 1.84. The van der Waals surface area contributed by atoms with Gasteiger partial charge in [-0.2, -0.15) is 0 Å². The lowest BCUT2D eigenvalue weighted by Crippen LogP contribution is -2.02. The highest BCUT2D eigenvalue weighted by Gasteiger charge is 2.17. The summed E-state index contributed by atoms with van der Waals surface area (Å²) >= 11 is 0. The molecule has 3 aromatic rings. The van der Waals surface area contributed by atoms with Crippen LogP contribution < -0.4 is 10.3 Å². The van der Waals surface area contributed by atoms with Crippen LogP contribution in [0.1, 0.15) is 11.1 Å². The van der Waals surface area contributed by atoms with Crippen molar-refractivity contribution in [2.24, 2.45) is 4.99 Å². The third kappa shape index (κ3) is 2.20. The summed E-state index contributed by atoms with van der Waals surface area (Å²) in [7, 11) is 1.62. The van der Waals surface area contributed by atoms with Crippen LogP contribution in [0.5, 0.6) is 5.75 Å². The molecule has 0 amide bonds. The van der Waals surface area contributed by atoms with Crippen LogP contribution in [0.4, 0.5) is 5.69 Å². The Kier molecular flexibility index (Phi) is 3.01. The highest BCUT2D eigenvalue weighted by Crippen LogP contribution is 2.35. The minimum atomic E-state index is -0.196. The molecule has 0 fully saturated rings. The number of benzene rings is 1. The van der Waals surface area contributed by atoms with Crippen LogP contribution in [0.25, 0.3) is 22.9 Å². The van der Waals surface area contributed by atoms with Crippen molar-refractivity contribution in [3.8, 4) is 17.0 Å². The average Bonchev–Trinajstić information content (AvgIpc) is 3.29. The number of furan rings is 1. The van der Waals surface area contributed by atoms with E-state index in [0.29, 0.717) is 11.3 Å². The first-order chi connectivity index (χ1) is 11.3. The molecule has 0 aliphatic carbocycles. The molecule has 0 spiro atoms. The fraction of sp³-hybridized carbons (Fsp3) is 0.0588. The van der Waals surface area contributed by atoms with E-state index in [-0.39, 0.29) is 5.56 Å². The maximum absolute atomic E-state index is 12.1. The van der Waals surface area contributed by atoms with Gasteiger partial charge in [0.25, 0.3) is 5.56 Å². The number of aromatic nitrogens is 2. The van der Waals surface area contributed by atoms with Gasteiger partial charge in [0.15, 0.2) is 0 Å². The van der Waals surface area contributed by atoms with Crippen LogP contribution >= 0.6 is 0 Å². The molecule has 23 heavy (non-hydrogen) atoms. The van der Waals surface area contributed by atoms with E-state index in [1.807, 2.05) is 24.3 Å². The summed E-state index contributed by atoms with van der Waals surface area (Å²) in [5, 5.41) is 5.50. The van der Waals surface area contributed by atoms with Gasteiger partial charge in [-0.05, 0) is 30.3 Å². The Morgan fingerprint density at radius 1 is 1.26 bits per heavy atom. The van der Waals surface area contributed by atoms with Crippen LogP contribution in [0, 0.1) is 0 Å². The molecule has 0 atom stereocenters. The standard InChI is InChI=1S/C17H13N3O3/c1-22-12-2-3-15-13(7-12)11(8-18-15)6-14-16(19-20-17(14)21)10-4-5-23-9-10/h2-9H,1H3,(H2,19,20,21)/b11-6+. The molecule has 6 nitrogen and oxygen atoms in total. The number of hydrogen-bond donors (Lipinski definition) is 2. The van der Waals surface area contributed by atoms with Crippen LogP contribution in [0.15, 0.2) is 51.0 Å². The second-order valence-electron chi connectivity index (χ2n) is 5.12. The minimum Gasteiger partial charge on any atom is -0.497 e. The number of aliphatic imine (C=N–C) groups is 1. The van der Waals surface area contributed by atoms with Gasteiger partial charge in [0.05, 0.1) is 36.6 Å². The van der Waals surface area contributed by atoms with Crippen molar-refractivity contribution < 1.29 is 9.15 Å². The number of rotatable bonds is 3. The van der Waals surface area contributed by atoms with E-state index in [1.54, 1.807) is 31.9 Å². The highest BCUT2D eigenvalue weighted by atomic mass is 16.5. The second-order valence-corrected chi connectivity index (χ2v) is 5.12. The molecule has 0 saturated carbocycles. The molecule has 114 valence electrons. The van der Waals surface area contributed by atoms with Crippen molar-refractivity contribution in [2.75, 3.05) is 7.11 Å². The van der Waals surface area contributed by atoms with E-state index < -0.39 is 0 Å². The maximum atomic E-state index is 12.1. The van der Waals surface area contributed by atoms with Gasteiger partial charge in [0.2, 0.25) is 0 Å². The van der Waals surface area contributed by atoms with E-state index in [9.17, 15) is 4.79 Å². The van der Waals surface area contributed by atoms with Crippen LogP contribution in [0.2, 0.25) is 0 Å². The Morgan fingerprint density at radius 3 is 2.96 bits per heavy atom. The number of H-pyrrole nitrogens is 2. The smallest absolute Gasteiger partial charge is 0.271 e. The molecule has 0 radical (unpaired) electrons. The molecule has 2 N–H and O–H groups in total. The predicted octanol–water partition coefficient (Wildman–Crippen LogP) is 3.23. The first-order valence-corrected chi connectivity index (χ1v) is 7.03. The van der Waals surface area contributed by atoms with Crippen molar-refractivity contribution >= 4 is 23.6 Å². The van der Waals surface area contributed by atoms with Gasteiger partial charge in [-0.3, -0.25) is 20.0 Å². The largest absolute Gasteiger partial charge is 0.497 e. The third-order valence-corrected chi connectivity index (χ3v) is 3.78. The SMILES string of the molecule is COc1ccc2c(c1)/C(=C/c1c(-c3ccoc3)[nH][nH]c1=O)C=N2. The molecule has 1 aromatic carbocycles. The third-order valence-electron chi connectivity index (χ3n) is 3.78. The van der Waals surface area contributed by atoms with Gasteiger partial charge in [-0.15, -0.1) is 0 Å². The lowest BCUT2D eigenvalue weighted by molar-refractivity contribution is 0.415. The topological polar surface area (TPSA) is 83.4 Å². The number of hydrogen-bond acceptors (Lipinski definition) is 4. The van der Waals surface area contributed by atoms with Gasteiger partial charge in [-0.1, -0.05) is 0 Å². The lowest BCUT2D eigenvalue weighted by Gasteiger charge is -2.03. The average molecular weight is 307 g/mol. The van der Waals surface area contributed by atoms with Crippen LogP contribution in [0.3, 0.4) is 0 Å². The van der Waals surface area contributed by atoms with E-state index in [2.05, 4.69) is 15.2 Å². The molecule has 1 aliphatic heterocycles. The number of methoxy groups -OCH3 is 1. The monoisotopic (exact) mass is 307 g/mol. The second kappa shape index (κ2) is 5.17. The van der Waals surface area contributed by atoms with Crippen molar-refractivity contribution in [3.63, 3.8) is 0 Å². The molecule has 6 heteroatoms. The number of aromatic amines is 2. The predicted molar refractivity (Wildman–Crippen MR) is 88.1 cm³/mol. The summed E-state index contributed by atoms with van der Waals surface area (Å²) < 4.78 is 10.4. The molecule has 3 heterocycles. The minimum absolute atomic E-state index is 0.196. The van der Waals surface area contributed by atoms with Crippen LogP contribution in [-0.2, 0) is 0 Å². The summed E-state index contributed by atoms with van der Waals surface area (Å²) in [6.07, 6.45) is 6.71. The Hall–Kier alpha value is -3.28. The van der Waals surface area contributed by atoms with Gasteiger partial charge in [0, 0.05) is 22.9 Å². The van der Waals surface area contributed by atoms with Gasteiger partial charge in [0.1, 0.15) is 5.75 Å². The number of nitrogens with one attached hydrogen (secondary N) is 2. The van der Waals surface area contributed by atoms with Gasteiger partial charge >= 0.3 is 0 Å². The lowest BCUT2D eigenvalue weighted by atomic mass is 10.0. The summed E-state index contributed by atoms with van der Waals surface area (Å²) in [4.78, 5) is 16.5. The molecule has 2 aromatic heterocycles. The molecular weight excluding hydrogens is 294 g/mol. The molecule has 0 saturated heterocycles. The van der Waals surface area contributed by atoms with Crippen molar-refractivity contribution in [3.05, 3.63) is 58.3 Å². The summed E-state index contributed by atoms with van der Waals surface area (Å²) in [6.45, 7) is 0. The van der Waals surface area contributed by atoms with Crippen LogP contribution in [-0.4, -0.2) is 23.5 Å². The van der Waals surface area contributed by atoms with Gasteiger partial charge in [-0.25, -0.2) is 0 Å². The Morgan fingerprint density at radius 2 is 2.17 bits per heavy atom. The Labute approximate surface area is 131 Å². The van der Waals surface area contributed by atoms with Gasteiger partial charge < -0.3 is 9.15 Å². The zero-order chi connectivity index (χ0) is 15.8. The number of nitrogens with zero attached hydrogens (tertiary/aromatic N) is 1. The first kappa shape index (κ1) is 13.4. The first-order valence-electron chi connectivity index (χ1n) is 7.03. The fourth-order valence-electron chi connectivity index (χ4n) is 2.60. The summed E-state index contributed by atoms with van der Waals surface area (Å²) in [5.74, 6) is 0.748. The van der Waals surface area contributed by atoms with Crippen molar-refractivity contribution in [1.29, 1.82) is 0 Å². The molecule has 1 aliphatic rings. The molecule has 4 rings (SSSR count). The highest BCUT2D eigenvalue weighted by molar-refractivity contribution is 6.21. The van der Waals surface area contributed by atoms with Crippen molar-refractivity contribution in [1.82, 2.24) is 10.2 Å². The summed E-state index contributed by atoms with van der Waals surface area (Å²) in [6, 6.07) is 7.45. The van der Waals surface area contributed by atoms with E-state index in [1.165, 1.54) is 0 Å². The number of fused-ring (bicyclic) bond motifs is 1. The normalized spacial score (nSPS) is 14.4. The quantitative estimate of drug-likeness (QED) is 0.779. The number of allylic oxidation sites excluding steroid dienone is 1. The zero-order valence-corrected chi connectivity index (χ0v) is 12.3. The number of ether oxygens (including phenoxy) is 1.